The summed E-state index contributed by atoms with van der Waals surface area (Å²) in [5.41, 5.74) is 0.632. The quantitative estimate of drug-likeness (QED) is 0.739. The minimum Gasteiger partial charge on any atom is -0.372 e. The van der Waals surface area contributed by atoms with Crippen molar-refractivity contribution in [2.45, 2.75) is 110 Å². The van der Waals surface area contributed by atoms with E-state index in [9.17, 15) is 0 Å². The van der Waals surface area contributed by atoms with Crippen molar-refractivity contribution in [2.75, 3.05) is 6.54 Å². The largest absolute Gasteiger partial charge is 0.372 e. The average molecular weight is 296 g/mol. The van der Waals surface area contributed by atoms with Gasteiger partial charge in [-0.2, -0.15) is 0 Å². The SMILES string of the molecule is CCCNC(CCC1CCC2(CCCCC2)O1)C(C)(C)C. The van der Waals surface area contributed by atoms with E-state index in [0.717, 1.165) is 6.54 Å². The van der Waals surface area contributed by atoms with Crippen LogP contribution in [-0.4, -0.2) is 24.3 Å². The Kier molecular flexibility index (Phi) is 6.14. The Bertz CT molecular complexity index is 301. The van der Waals surface area contributed by atoms with Crippen LogP contribution in [0.2, 0.25) is 0 Å². The molecule has 2 unspecified atom stereocenters. The van der Waals surface area contributed by atoms with Crippen LogP contribution in [-0.2, 0) is 4.74 Å². The van der Waals surface area contributed by atoms with Crippen molar-refractivity contribution in [1.82, 2.24) is 5.32 Å². The lowest BCUT2D eigenvalue weighted by Crippen LogP contribution is -2.41. The highest BCUT2D eigenvalue weighted by Gasteiger charge is 2.40. The van der Waals surface area contributed by atoms with Gasteiger partial charge in [-0.1, -0.05) is 47.0 Å². The van der Waals surface area contributed by atoms with Gasteiger partial charge in [0.1, 0.15) is 0 Å². The molecule has 0 aromatic heterocycles. The molecule has 1 aliphatic heterocycles. The Morgan fingerprint density at radius 2 is 1.86 bits per heavy atom. The summed E-state index contributed by atoms with van der Waals surface area (Å²) < 4.78 is 6.53. The number of nitrogens with one attached hydrogen (secondary N) is 1. The maximum atomic E-state index is 6.53. The highest BCUT2D eigenvalue weighted by atomic mass is 16.5. The van der Waals surface area contributed by atoms with E-state index >= 15 is 0 Å². The summed E-state index contributed by atoms with van der Waals surface area (Å²) in [7, 11) is 0. The lowest BCUT2D eigenvalue weighted by atomic mass is 9.82. The number of hydrogen-bond donors (Lipinski definition) is 1. The minimum absolute atomic E-state index is 0.289. The van der Waals surface area contributed by atoms with Gasteiger partial charge < -0.3 is 10.1 Å². The van der Waals surface area contributed by atoms with Gasteiger partial charge >= 0.3 is 0 Å². The van der Waals surface area contributed by atoms with Crippen molar-refractivity contribution in [1.29, 1.82) is 0 Å². The van der Waals surface area contributed by atoms with E-state index in [-0.39, 0.29) is 5.60 Å². The normalized spacial score (nSPS) is 27.1. The molecule has 0 radical (unpaired) electrons. The number of ether oxygens (including phenoxy) is 1. The van der Waals surface area contributed by atoms with Crippen LogP contribution < -0.4 is 5.32 Å². The van der Waals surface area contributed by atoms with Crippen LogP contribution in [0.25, 0.3) is 0 Å². The van der Waals surface area contributed by atoms with Crippen molar-refractivity contribution in [2.24, 2.45) is 5.41 Å². The molecule has 1 spiro atoms. The van der Waals surface area contributed by atoms with Crippen LogP contribution >= 0.6 is 0 Å². The molecule has 1 saturated carbocycles. The maximum Gasteiger partial charge on any atom is 0.0687 e. The van der Waals surface area contributed by atoms with Crippen LogP contribution in [0.4, 0.5) is 0 Å². The van der Waals surface area contributed by atoms with Gasteiger partial charge in [0.2, 0.25) is 0 Å². The number of rotatable bonds is 6. The first kappa shape index (κ1) is 17.3. The van der Waals surface area contributed by atoms with Crippen LogP contribution in [0.1, 0.15) is 91.9 Å². The Balaban J connectivity index is 1.79. The zero-order valence-electron chi connectivity index (χ0n) is 14.8. The van der Waals surface area contributed by atoms with E-state index in [1.807, 2.05) is 0 Å². The molecule has 0 bridgehead atoms. The standard InChI is InChI=1S/C19H37NO/c1-5-15-20-17(18(2,3)4)10-9-16-11-14-19(21-16)12-7-6-8-13-19/h16-17,20H,5-15H2,1-4H3. The second-order valence-corrected chi connectivity index (χ2v) is 8.47. The third kappa shape index (κ3) is 4.96. The molecule has 21 heavy (non-hydrogen) atoms. The predicted molar refractivity (Wildman–Crippen MR) is 90.7 cm³/mol. The molecule has 1 aliphatic carbocycles. The topological polar surface area (TPSA) is 21.3 Å². The second kappa shape index (κ2) is 7.46. The lowest BCUT2D eigenvalue weighted by Gasteiger charge is -2.35. The zero-order valence-corrected chi connectivity index (χ0v) is 14.8. The Hall–Kier alpha value is -0.0800. The van der Waals surface area contributed by atoms with Gasteiger partial charge in [-0.25, -0.2) is 0 Å². The third-order valence-corrected chi connectivity index (χ3v) is 5.57. The molecule has 0 aromatic carbocycles. The molecular formula is C19H37NO. The summed E-state index contributed by atoms with van der Waals surface area (Å²) in [6.07, 6.45) is 13.7. The highest BCUT2D eigenvalue weighted by Crippen LogP contribution is 2.43. The van der Waals surface area contributed by atoms with Crippen molar-refractivity contribution in [3.05, 3.63) is 0 Å². The van der Waals surface area contributed by atoms with Crippen molar-refractivity contribution in [3.63, 3.8) is 0 Å². The molecule has 1 heterocycles. The summed E-state index contributed by atoms with van der Waals surface area (Å²) in [4.78, 5) is 0. The van der Waals surface area contributed by atoms with E-state index in [1.165, 1.54) is 64.2 Å². The second-order valence-electron chi connectivity index (χ2n) is 8.47. The summed E-state index contributed by atoms with van der Waals surface area (Å²) in [6.45, 7) is 10.5. The van der Waals surface area contributed by atoms with Gasteiger partial charge in [-0.3, -0.25) is 0 Å². The molecule has 2 atom stereocenters. The minimum atomic E-state index is 0.289. The van der Waals surface area contributed by atoms with Crippen molar-refractivity contribution >= 4 is 0 Å². The van der Waals surface area contributed by atoms with E-state index in [0.29, 0.717) is 17.6 Å². The van der Waals surface area contributed by atoms with Gasteiger partial charge in [0, 0.05) is 6.04 Å². The van der Waals surface area contributed by atoms with E-state index in [2.05, 4.69) is 33.0 Å². The van der Waals surface area contributed by atoms with Gasteiger partial charge in [0.05, 0.1) is 11.7 Å². The molecule has 1 N–H and O–H groups in total. The van der Waals surface area contributed by atoms with Crippen LogP contribution in [0, 0.1) is 5.41 Å². The van der Waals surface area contributed by atoms with Crippen molar-refractivity contribution < 1.29 is 4.74 Å². The van der Waals surface area contributed by atoms with Crippen molar-refractivity contribution in [3.8, 4) is 0 Å². The lowest BCUT2D eigenvalue weighted by molar-refractivity contribution is -0.0672. The molecule has 0 amide bonds. The first-order valence-electron chi connectivity index (χ1n) is 9.36. The molecule has 0 aromatic rings. The van der Waals surface area contributed by atoms with E-state index in [4.69, 9.17) is 4.74 Å². The van der Waals surface area contributed by atoms with Gasteiger partial charge in [-0.05, 0) is 56.9 Å². The highest BCUT2D eigenvalue weighted by molar-refractivity contribution is 4.92. The van der Waals surface area contributed by atoms with Gasteiger partial charge in [0.15, 0.2) is 0 Å². The first-order valence-corrected chi connectivity index (χ1v) is 9.36. The summed E-state index contributed by atoms with van der Waals surface area (Å²) in [5, 5.41) is 3.75. The maximum absolute atomic E-state index is 6.53. The third-order valence-electron chi connectivity index (χ3n) is 5.57. The molecule has 2 nitrogen and oxygen atoms in total. The smallest absolute Gasteiger partial charge is 0.0687 e. The first-order chi connectivity index (χ1) is 9.95. The summed E-state index contributed by atoms with van der Waals surface area (Å²) in [5.74, 6) is 0. The predicted octanol–water partition coefficient (Wildman–Crippen LogP) is 5.06. The van der Waals surface area contributed by atoms with Crippen LogP contribution in [0.15, 0.2) is 0 Å². The van der Waals surface area contributed by atoms with Crippen LogP contribution in [0.5, 0.6) is 0 Å². The van der Waals surface area contributed by atoms with E-state index in [1.54, 1.807) is 0 Å². The van der Waals surface area contributed by atoms with Gasteiger partial charge in [0.25, 0.3) is 0 Å². The average Bonchev–Trinajstić information content (AvgIpc) is 2.81. The fourth-order valence-corrected chi connectivity index (χ4v) is 4.18. The van der Waals surface area contributed by atoms with E-state index < -0.39 is 0 Å². The molecular weight excluding hydrogens is 258 g/mol. The Morgan fingerprint density at radius 3 is 2.48 bits per heavy atom. The molecule has 2 fully saturated rings. The monoisotopic (exact) mass is 295 g/mol. The fourth-order valence-electron chi connectivity index (χ4n) is 4.18. The molecule has 1 saturated heterocycles. The molecule has 2 rings (SSSR count). The van der Waals surface area contributed by atoms with Crippen LogP contribution in [0.3, 0.4) is 0 Å². The fraction of sp³-hybridized carbons (Fsp3) is 1.00. The van der Waals surface area contributed by atoms with Gasteiger partial charge in [-0.15, -0.1) is 0 Å². The Morgan fingerprint density at radius 1 is 1.14 bits per heavy atom. The molecule has 2 heteroatoms. The molecule has 124 valence electrons. The Labute approximate surface area is 132 Å². The molecule has 2 aliphatic rings. The summed E-state index contributed by atoms with van der Waals surface area (Å²) >= 11 is 0. The zero-order chi connectivity index (χ0) is 15.3. The summed E-state index contributed by atoms with van der Waals surface area (Å²) in [6, 6.07) is 0.615. The number of hydrogen-bond acceptors (Lipinski definition) is 2.